The summed E-state index contributed by atoms with van der Waals surface area (Å²) in [5, 5.41) is 12.2. The Balaban J connectivity index is 2.41. The molecular formula is C14H10ClNO2. The maximum absolute atomic E-state index is 9.95. The average molecular weight is 260 g/mol. The molecule has 1 N–H and O–H groups in total. The largest absolute Gasteiger partial charge is 0.507 e. The zero-order valence-electron chi connectivity index (χ0n) is 9.64. The number of benzene rings is 2. The highest BCUT2D eigenvalue weighted by atomic mass is 35.5. The van der Waals surface area contributed by atoms with Crippen molar-refractivity contribution in [2.75, 3.05) is 7.11 Å². The van der Waals surface area contributed by atoms with E-state index in [1.807, 2.05) is 12.1 Å². The third-order valence-corrected chi connectivity index (χ3v) is 3.11. The van der Waals surface area contributed by atoms with Crippen LogP contribution in [-0.2, 0) is 0 Å². The maximum Gasteiger partial charge on any atom is 0.128 e. The van der Waals surface area contributed by atoms with Gasteiger partial charge in [-0.05, 0) is 18.2 Å². The number of ether oxygens (including phenoxy) is 1. The molecule has 0 spiro atoms. The van der Waals surface area contributed by atoms with Gasteiger partial charge in [0, 0.05) is 27.9 Å². The standard InChI is InChI=1S/C14H10ClNO2/c1-18-10-6-13-11(14(17)7-10)4-8-2-3-9(15)5-12(8)16-13/h2-7,17H,1H3. The lowest BCUT2D eigenvalue weighted by atomic mass is 10.1. The quantitative estimate of drug-likeness (QED) is 0.677. The number of fused-ring (bicyclic) bond motifs is 2. The minimum Gasteiger partial charge on any atom is -0.507 e. The normalized spacial score (nSPS) is 11.0. The second-order valence-electron chi connectivity index (χ2n) is 4.04. The first kappa shape index (κ1) is 11.1. The molecule has 2 aromatic carbocycles. The Morgan fingerprint density at radius 1 is 1.11 bits per heavy atom. The highest BCUT2D eigenvalue weighted by molar-refractivity contribution is 6.31. The van der Waals surface area contributed by atoms with Crippen molar-refractivity contribution in [3.05, 3.63) is 41.4 Å². The van der Waals surface area contributed by atoms with Gasteiger partial charge in [0.25, 0.3) is 0 Å². The fourth-order valence-corrected chi connectivity index (χ4v) is 2.14. The lowest BCUT2D eigenvalue weighted by molar-refractivity contribution is 0.409. The number of phenols is 1. The number of phenolic OH excluding ortho intramolecular Hbond substituents is 1. The highest BCUT2D eigenvalue weighted by Gasteiger charge is 2.07. The second kappa shape index (κ2) is 4.03. The number of hydrogen-bond acceptors (Lipinski definition) is 3. The molecule has 3 nitrogen and oxygen atoms in total. The number of pyridine rings is 1. The number of halogens is 1. The van der Waals surface area contributed by atoms with Crippen LogP contribution in [0.1, 0.15) is 0 Å². The number of hydrogen-bond donors (Lipinski definition) is 1. The molecule has 0 fully saturated rings. The molecule has 0 aliphatic carbocycles. The molecule has 1 aromatic heterocycles. The third-order valence-electron chi connectivity index (χ3n) is 2.88. The van der Waals surface area contributed by atoms with Gasteiger partial charge in [0.2, 0.25) is 0 Å². The Kier molecular flexibility index (Phi) is 2.49. The van der Waals surface area contributed by atoms with Gasteiger partial charge in [-0.25, -0.2) is 4.98 Å². The Bertz CT molecular complexity index is 755. The van der Waals surface area contributed by atoms with Gasteiger partial charge in [0.1, 0.15) is 11.5 Å². The van der Waals surface area contributed by atoms with Crippen molar-refractivity contribution >= 4 is 33.4 Å². The Morgan fingerprint density at radius 2 is 1.94 bits per heavy atom. The summed E-state index contributed by atoms with van der Waals surface area (Å²) in [6, 6.07) is 10.7. The fourth-order valence-electron chi connectivity index (χ4n) is 1.98. The number of aromatic hydroxyl groups is 1. The molecule has 3 aromatic rings. The van der Waals surface area contributed by atoms with Crippen LogP contribution >= 0.6 is 11.6 Å². The number of aromatic nitrogens is 1. The molecule has 1 heterocycles. The lowest BCUT2D eigenvalue weighted by Gasteiger charge is -2.06. The molecule has 0 bridgehead atoms. The zero-order valence-corrected chi connectivity index (χ0v) is 10.4. The van der Waals surface area contributed by atoms with Gasteiger partial charge >= 0.3 is 0 Å². The van der Waals surface area contributed by atoms with Gasteiger partial charge in [-0.3, -0.25) is 0 Å². The van der Waals surface area contributed by atoms with Crippen molar-refractivity contribution in [2.45, 2.75) is 0 Å². The van der Waals surface area contributed by atoms with E-state index in [0.29, 0.717) is 21.7 Å². The molecule has 4 heteroatoms. The predicted molar refractivity (Wildman–Crippen MR) is 72.5 cm³/mol. The molecule has 0 saturated carbocycles. The third kappa shape index (κ3) is 1.73. The topological polar surface area (TPSA) is 42.4 Å². The summed E-state index contributed by atoms with van der Waals surface area (Å²) in [4.78, 5) is 4.48. The number of nitrogens with zero attached hydrogens (tertiary/aromatic N) is 1. The van der Waals surface area contributed by atoms with Crippen molar-refractivity contribution in [3.8, 4) is 11.5 Å². The summed E-state index contributed by atoms with van der Waals surface area (Å²) in [5.41, 5.74) is 1.48. The van der Waals surface area contributed by atoms with Crippen LogP contribution in [0.15, 0.2) is 36.4 Å². The van der Waals surface area contributed by atoms with Gasteiger partial charge < -0.3 is 9.84 Å². The number of methoxy groups -OCH3 is 1. The average Bonchev–Trinajstić information content (AvgIpc) is 2.36. The van der Waals surface area contributed by atoms with Crippen molar-refractivity contribution in [3.63, 3.8) is 0 Å². The Labute approximate surface area is 109 Å². The van der Waals surface area contributed by atoms with E-state index in [1.165, 1.54) is 0 Å². The molecular weight excluding hydrogens is 250 g/mol. The Morgan fingerprint density at radius 3 is 2.72 bits per heavy atom. The van der Waals surface area contributed by atoms with Crippen LogP contribution in [-0.4, -0.2) is 17.2 Å². The summed E-state index contributed by atoms with van der Waals surface area (Å²) >= 11 is 5.95. The van der Waals surface area contributed by atoms with E-state index in [0.717, 1.165) is 10.9 Å². The van der Waals surface area contributed by atoms with Crippen molar-refractivity contribution < 1.29 is 9.84 Å². The van der Waals surface area contributed by atoms with E-state index in [2.05, 4.69) is 4.98 Å². The van der Waals surface area contributed by atoms with Crippen molar-refractivity contribution in [1.82, 2.24) is 4.98 Å². The minimum atomic E-state index is 0.161. The molecule has 0 radical (unpaired) electrons. The smallest absolute Gasteiger partial charge is 0.128 e. The van der Waals surface area contributed by atoms with Crippen molar-refractivity contribution in [1.29, 1.82) is 0 Å². The summed E-state index contributed by atoms with van der Waals surface area (Å²) < 4.78 is 5.11. The van der Waals surface area contributed by atoms with Gasteiger partial charge in [-0.2, -0.15) is 0 Å². The van der Waals surface area contributed by atoms with Crippen LogP contribution in [0.25, 0.3) is 21.8 Å². The summed E-state index contributed by atoms with van der Waals surface area (Å²) in [5.74, 6) is 0.738. The first-order valence-electron chi connectivity index (χ1n) is 5.44. The first-order chi connectivity index (χ1) is 8.67. The van der Waals surface area contributed by atoms with Gasteiger partial charge in [-0.1, -0.05) is 17.7 Å². The molecule has 0 aliphatic heterocycles. The van der Waals surface area contributed by atoms with E-state index in [4.69, 9.17) is 16.3 Å². The summed E-state index contributed by atoms with van der Waals surface area (Å²) in [7, 11) is 1.55. The van der Waals surface area contributed by atoms with E-state index >= 15 is 0 Å². The molecule has 0 unspecified atom stereocenters. The fraction of sp³-hybridized carbons (Fsp3) is 0.0714. The summed E-state index contributed by atoms with van der Waals surface area (Å²) in [6.07, 6.45) is 0. The SMILES string of the molecule is COc1cc(O)c2cc3ccc(Cl)cc3nc2c1. The van der Waals surface area contributed by atoms with Crippen LogP contribution in [0.5, 0.6) is 11.5 Å². The van der Waals surface area contributed by atoms with E-state index < -0.39 is 0 Å². The van der Waals surface area contributed by atoms with E-state index in [1.54, 1.807) is 31.4 Å². The van der Waals surface area contributed by atoms with Gasteiger partial charge in [-0.15, -0.1) is 0 Å². The Hall–Kier alpha value is -2.00. The zero-order chi connectivity index (χ0) is 12.7. The maximum atomic E-state index is 9.95. The lowest BCUT2D eigenvalue weighted by Crippen LogP contribution is -1.87. The summed E-state index contributed by atoms with van der Waals surface area (Å²) in [6.45, 7) is 0. The molecule has 0 amide bonds. The second-order valence-corrected chi connectivity index (χ2v) is 4.48. The first-order valence-corrected chi connectivity index (χ1v) is 5.82. The molecule has 0 atom stereocenters. The molecule has 90 valence electrons. The van der Waals surface area contributed by atoms with E-state index in [-0.39, 0.29) is 5.75 Å². The van der Waals surface area contributed by atoms with Gasteiger partial charge in [0.15, 0.2) is 0 Å². The van der Waals surface area contributed by atoms with Crippen LogP contribution in [0.4, 0.5) is 0 Å². The number of rotatable bonds is 1. The minimum absolute atomic E-state index is 0.161. The van der Waals surface area contributed by atoms with Crippen LogP contribution in [0.2, 0.25) is 5.02 Å². The predicted octanol–water partition coefficient (Wildman–Crippen LogP) is 3.76. The molecule has 18 heavy (non-hydrogen) atoms. The molecule has 0 aliphatic rings. The highest BCUT2D eigenvalue weighted by Crippen LogP contribution is 2.32. The van der Waals surface area contributed by atoms with Crippen LogP contribution < -0.4 is 4.74 Å². The van der Waals surface area contributed by atoms with Crippen LogP contribution in [0.3, 0.4) is 0 Å². The van der Waals surface area contributed by atoms with Crippen LogP contribution in [0, 0.1) is 0 Å². The van der Waals surface area contributed by atoms with Crippen molar-refractivity contribution in [2.24, 2.45) is 0 Å². The molecule has 0 saturated heterocycles. The monoisotopic (exact) mass is 259 g/mol. The van der Waals surface area contributed by atoms with E-state index in [9.17, 15) is 5.11 Å². The molecule has 3 rings (SSSR count). The van der Waals surface area contributed by atoms with Gasteiger partial charge in [0.05, 0.1) is 18.1 Å².